The molecule has 1 heteroatoms. The normalized spacial score (nSPS) is 12.0. The molecule has 0 saturated carbocycles. The highest BCUT2D eigenvalue weighted by Gasteiger charge is 2.26. The quantitative estimate of drug-likeness (QED) is 0.567. The van der Waals surface area contributed by atoms with Crippen molar-refractivity contribution in [1.29, 1.82) is 0 Å². The zero-order valence-electron chi connectivity index (χ0n) is 16.0. The lowest BCUT2D eigenvalue weighted by atomic mass is 9.79. The molecule has 1 aromatic rings. The Kier molecular flexibility index (Phi) is 6.28. The number of hydrogen-bond donors (Lipinski definition) is 0. The van der Waals surface area contributed by atoms with Crippen LogP contribution in [0.25, 0.3) is 6.08 Å². The maximum absolute atomic E-state index is 6.26. The molecule has 0 N–H and O–H groups in total. The molecule has 0 saturated heterocycles. The summed E-state index contributed by atoms with van der Waals surface area (Å²) in [5.41, 5.74) is 5.35. The average Bonchev–Trinajstić information content (AvgIpc) is 2.38. The zero-order valence-corrected chi connectivity index (χ0v) is 16.0. The third kappa shape index (κ3) is 4.63. The summed E-state index contributed by atoms with van der Waals surface area (Å²) >= 11 is 0. The van der Waals surface area contributed by atoms with Crippen molar-refractivity contribution in [1.82, 2.24) is 0 Å². The van der Waals surface area contributed by atoms with Gasteiger partial charge in [-0.15, -0.1) is 0 Å². The van der Waals surface area contributed by atoms with E-state index in [0.717, 1.165) is 12.2 Å². The summed E-state index contributed by atoms with van der Waals surface area (Å²) in [6.07, 6.45) is 3.52. The summed E-state index contributed by atoms with van der Waals surface area (Å²) in [5, 5.41) is 0. The second-order valence-corrected chi connectivity index (χ2v) is 7.77. The van der Waals surface area contributed by atoms with E-state index in [1.807, 2.05) is 0 Å². The molecule has 0 aromatic heterocycles. The minimum absolute atomic E-state index is 0.110. The smallest absolute Gasteiger partial charge is 0.130 e. The number of allylic oxidation sites excluding steroid dienone is 1. The summed E-state index contributed by atoms with van der Waals surface area (Å²) in [4.78, 5) is 0. The lowest BCUT2D eigenvalue weighted by molar-refractivity contribution is 0.235. The highest BCUT2D eigenvalue weighted by molar-refractivity contribution is 5.64. The van der Waals surface area contributed by atoms with Crippen LogP contribution in [-0.4, -0.2) is 6.10 Å². The van der Waals surface area contributed by atoms with Gasteiger partial charge in [0.25, 0.3) is 0 Å². The van der Waals surface area contributed by atoms with Crippen molar-refractivity contribution in [3.8, 4) is 5.75 Å². The molecule has 0 aliphatic heterocycles. The van der Waals surface area contributed by atoms with E-state index in [0.29, 0.717) is 5.92 Å². The summed E-state index contributed by atoms with van der Waals surface area (Å²) in [7, 11) is 0. The van der Waals surface area contributed by atoms with Gasteiger partial charge in [0.2, 0.25) is 0 Å². The first-order valence-corrected chi connectivity index (χ1v) is 8.58. The van der Waals surface area contributed by atoms with Crippen molar-refractivity contribution in [2.45, 2.75) is 86.2 Å². The third-order valence-electron chi connectivity index (χ3n) is 4.22. The molecular formula is C21H34O. The molecule has 1 rings (SSSR count). The van der Waals surface area contributed by atoms with Gasteiger partial charge < -0.3 is 4.74 Å². The Morgan fingerprint density at radius 2 is 1.73 bits per heavy atom. The largest absolute Gasteiger partial charge is 0.490 e. The molecule has 0 amide bonds. The van der Waals surface area contributed by atoms with Crippen LogP contribution in [0.2, 0.25) is 0 Å². The molecule has 0 heterocycles. The second kappa shape index (κ2) is 7.35. The van der Waals surface area contributed by atoms with Gasteiger partial charge in [0.05, 0.1) is 6.10 Å². The van der Waals surface area contributed by atoms with Gasteiger partial charge in [-0.1, -0.05) is 52.3 Å². The molecular weight excluding hydrogens is 268 g/mol. The first kappa shape index (κ1) is 18.8. The van der Waals surface area contributed by atoms with E-state index in [2.05, 4.69) is 80.5 Å². The van der Waals surface area contributed by atoms with Crippen LogP contribution in [0.4, 0.5) is 0 Å². The second-order valence-electron chi connectivity index (χ2n) is 7.77. The number of ether oxygens (including phenoxy) is 1. The Labute approximate surface area is 137 Å². The zero-order chi connectivity index (χ0) is 17.1. The molecule has 0 atom stereocenters. The van der Waals surface area contributed by atoms with Crippen LogP contribution in [0.3, 0.4) is 0 Å². The van der Waals surface area contributed by atoms with Crippen molar-refractivity contribution >= 4 is 6.08 Å². The maximum atomic E-state index is 6.26. The monoisotopic (exact) mass is 302 g/mol. The van der Waals surface area contributed by atoms with E-state index in [-0.39, 0.29) is 11.5 Å². The minimum atomic E-state index is 0.110. The van der Waals surface area contributed by atoms with Crippen molar-refractivity contribution < 1.29 is 4.74 Å². The topological polar surface area (TPSA) is 9.23 Å². The van der Waals surface area contributed by atoms with E-state index in [4.69, 9.17) is 4.74 Å². The summed E-state index contributed by atoms with van der Waals surface area (Å²) in [5.74, 6) is 1.58. The molecule has 22 heavy (non-hydrogen) atoms. The summed E-state index contributed by atoms with van der Waals surface area (Å²) in [6, 6.07) is 4.65. The molecule has 0 unspecified atom stereocenters. The van der Waals surface area contributed by atoms with Gasteiger partial charge in [0, 0.05) is 11.1 Å². The first-order valence-electron chi connectivity index (χ1n) is 8.58. The number of rotatable bonds is 6. The van der Waals surface area contributed by atoms with Gasteiger partial charge in [-0.2, -0.15) is 0 Å². The first-order chi connectivity index (χ1) is 10.1. The molecule has 1 aromatic carbocycles. The Morgan fingerprint density at radius 3 is 2.14 bits per heavy atom. The minimum Gasteiger partial charge on any atom is -0.490 e. The molecule has 1 nitrogen and oxygen atoms in total. The van der Waals surface area contributed by atoms with Crippen molar-refractivity contribution in [3.63, 3.8) is 0 Å². The van der Waals surface area contributed by atoms with Gasteiger partial charge in [-0.05, 0) is 57.1 Å². The number of benzene rings is 1. The van der Waals surface area contributed by atoms with Crippen LogP contribution in [0, 0.1) is 0 Å². The molecule has 0 aliphatic rings. The van der Waals surface area contributed by atoms with E-state index in [1.165, 1.54) is 22.3 Å². The fourth-order valence-electron chi connectivity index (χ4n) is 2.49. The fraction of sp³-hybridized carbons (Fsp3) is 0.619. The van der Waals surface area contributed by atoms with E-state index in [9.17, 15) is 0 Å². The van der Waals surface area contributed by atoms with E-state index >= 15 is 0 Å². The van der Waals surface area contributed by atoms with Crippen molar-refractivity contribution in [3.05, 3.63) is 34.4 Å². The van der Waals surface area contributed by atoms with Crippen molar-refractivity contribution in [2.24, 2.45) is 0 Å². The molecule has 0 radical (unpaired) electrons. The van der Waals surface area contributed by atoms with Gasteiger partial charge in [0.15, 0.2) is 0 Å². The van der Waals surface area contributed by atoms with E-state index in [1.54, 1.807) is 0 Å². The maximum Gasteiger partial charge on any atom is 0.130 e. The Bertz CT molecular complexity index is 529. The fourth-order valence-corrected chi connectivity index (χ4v) is 2.49. The Hall–Kier alpha value is -1.24. The lowest BCUT2D eigenvalue weighted by Crippen LogP contribution is -2.20. The van der Waals surface area contributed by atoms with Gasteiger partial charge in [0.1, 0.15) is 5.75 Å². The van der Waals surface area contributed by atoms with E-state index < -0.39 is 0 Å². The molecule has 0 fully saturated rings. The van der Waals surface area contributed by atoms with Gasteiger partial charge in [-0.25, -0.2) is 0 Å². The molecule has 0 bridgehead atoms. The van der Waals surface area contributed by atoms with Gasteiger partial charge in [-0.3, -0.25) is 0 Å². The SMILES string of the molecule is CCC(C)(C)c1cc(C(C)C)cc(C=C(C)C)c1OC(C)C. The Morgan fingerprint density at radius 1 is 1.14 bits per heavy atom. The van der Waals surface area contributed by atoms with Crippen LogP contribution < -0.4 is 4.74 Å². The Balaban J connectivity index is 3.68. The van der Waals surface area contributed by atoms with Crippen LogP contribution in [-0.2, 0) is 5.41 Å². The average molecular weight is 303 g/mol. The molecule has 0 spiro atoms. The highest BCUT2D eigenvalue weighted by Crippen LogP contribution is 2.40. The van der Waals surface area contributed by atoms with Gasteiger partial charge >= 0.3 is 0 Å². The summed E-state index contributed by atoms with van der Waals surface area (Å²) in [6.45, 7) is 19.9. The highest BCUT2D eigenvalue weighted by atomic mass is 16.5. The van der Waals surface area contributed by atoms with Crippen LogP contribution >= 0.6 is 0 Å². The molecule has 0 aliphatic carbocycles. The predicted molar refractivity (Wildman–Crippen MR) is 98.9 cm³/mol. The number of hydrogen-bond acceptors (Lipinski definition) is 1. The van der Waals surface area contributed by atoms with Crippen LogP contribution in [0.15, 0.2) is 17.7 Å². The third-order valence-corrected chi connectivity index (χ3v) is 4.22. The summed E-state index contributed by atoms with van der Waals surface area (Å²) < 4.78 is 6.26. The molecule has 124 valence electrons. The predicted octanol–water partition coefficient (Wildman–Crippen LogP) is 6.71. The standard InChI is InChI=1S/C21H34O/c1-10-21(8,9)19-13-17(15(4)5)12-18(11-14(2)3)20(19)22-16(6)7/h11-13,15-16H,10H2,1-9H3. The van der Waals surface area contributed by atoms with Crippen LogP contribution in [0.1, 0.15) is 91.3 Å². The van der Waals surface area contributed by atoms with Crippen molar-refractivity contribution in [2.75, 3.05) is 0 Å². The lowest BCUT2D eigenvalue weighted by Gasteiger charge is -2.29. The van der Waals surface area contributed by atoms with Crippen LogP contribution in [0.5, 0.6) is 5.75 Å².